The van der Waals surface area contributed by atoms with Crippen molar-refractivity contribution in [3.05, 3.63) is 11.6 Å². The summed E-state index contributed by atoms with van der Waals surface area (Å²) < 4.78 is 5.06. The van der Waals surface area contributed by atoms with E-state index in [2.05, 4.69) is 33.8 Å². The van der Waals surface area contributed by atoms with Crippen LogP contribution >= 0.6 is 11.6 Å². The van der Waals surface area contributed by atoms with Crippen LogP contribution in [0.5, 0.6) is 0 Å². The van der Waals surface area contributed by atoms with E-state index in [0.717, 1.165) is 0 Å². The second-order valence-electron chi connectivity index (χ2n) is 5.01. The van der Waals surface area contributed by atoms with Crippen molar-refractivity contribution in [3.8, 4) is 0 Å². The molecule has 0 N–H and O–H groups in total. The number of rotatable bonds is 4. The molecule has 0 unspecified atom stereocenters. The van der Waals surface area contributed by atoms with Crippen molar-refractivity contribution >= 4 is 17.6 Å². The second kappa shape index (κ2) is 4.56. The largest absolute Gasteiger partial charge is 0.464 e. The fourth-order valence-electron chi connectivity index (χ4n) is 2.02. The Bertz CT molecular complexity index is 277. The molecule has 2 atom stereocenters. The SMILES string of the molecule is CC(C)=C[C@@H]1[C@@H](COC(=O)CCl)C1(C)C. The van der Waals surface area contributed by atoms with Gasteiger partial charge in [-0.3, -0.25) is 4.79 Å². The molecule has 0 aromatic carbocycles. The first-order valence-corrected chi connectivity index (χ1v) is 5.79. The molecule has 0 saturated heterocycles. The molecular weight excluding hydrogens is 212 g/mol. The van der Waals surface area contributed by atoms with Gasteiger partial charge in [0.1, 0.15) is 5.88 Å². The van der Waals surface area contributed by atoms with E-state index in [9.17, 15) is 4.79 Å². The molecule has 0 aliphatic heterocycles. The van der Waals surface area contributed by atoms with Crippen LogP contribution in [-0.2, 0) is 9.53 Å². The Balaban J connectivity index is 2.45. The van der Waals surface area contributed by atoms with Gasteiger partial charge in [-0.2, -0.15) is 0 Å². The van der Waals surface area contributed by atoms with E-state index in [1.165, 1.54) is 5.57 Å². The summed E-state index contributed by atoms with van der Waals surface area (Å²) in [6, 6.07) is 0. The van der Waals surface area contributed by atoms with Crippen molar-refractivity contribution < 1.29 is 9.53 Å². The Labute approximate surface area is 96.6 Å². The third kappa shape index (κ3) is 2.97. The molecule has 1 aliphatic rings. The molecule has 1 fully saturated rings. The number of alkyl halides is 1. The molecule has 0 bridgehead atoms. The van der Waals surface area contributed by atoms with E-state index in [-0.39, 0.29) is 17.3 Å². The summed E-state index contributed by atoms with van der Waals surface area (Å²) >= 11 is 5.36. The monoisotopic (exact) mass is 230 g/mol. The molecule has 0 amide bonds. The number of hydrogen-bond donors (Lipinski definition) is 0. The predicted molar refractivity (Wildman–Crippen MR) is 61.9 cm³/mol. The third-order valence-corrected chi connectivity index (χ3v) is 3.40. The van der Waals surface area contributed by atoms with E-state index < -0.39 is 0 Å². The smallest absolute Gasteiger partial charge is 0.320 e. The van der Waals surface area contributed by atoms with Crippen molar-refractivity contribution in [1.82, 2.24) is 0 Å². The Morgan fingerprint density at radius 2 is 2.07 bits per heavy atom. The first kappa shape index (κ1) is 12.6. The van der Waals surface area contributed by atoms with Gasteiger partial charge < -0.3 is 4.74 Å². The van der Waals surface area contributed by atoms with Crippen LogP contribution < -0.4 is 0 Å². The minimum Gasteiger partial charge on any atom is -0.464 e. The molecule has 0 aromatic heterocycles. The normalized spacial score (nSPS) is 27.0. The van der Waals surface area contributed by atoms with E-state index >= 15 is 0 Å². The molecule has 86 valence electrons. The lowest BCUT2D eigenvalue weighted by Crippen LogP contribution is -2.10. The number of carbonyl (C=O) groups is 1. The number of allylic oxidation sites excluding steroid dienone is 2. The first-order valence-electron chi connectivity index (χ1n) is 5.26. The zero-order valence-electron chi connectivity index (χ0n) is 9.84. The highest BCUT2D eigenvalue weighted by Gasteiger charge is 2.56. The number of halogens is 1. The van der Waals surface area contributed by atoms with Crippen LogP contribution in [-0.4, -0.2) is 18.5 Å². The second-order valence-corrected chi connectivity index (χ2v) is 5.28. The third-order valence-electron chi connectivity index (χ3n) is 3.19. The molecule has 15 heavy (non-hydrogen) atoms. The predicted octanol–water partition coefficient (Wildman–Crippen LogP) is 3.01. The molecule has 0 heterocycles. The van der Waals surface area contributed by atoms with Crippen LogP contribution in [0.4, 0.5) is 0 Å². The zero-order chi connectivity index (χ0) is 11.6. The van der Waals surface area contributed by atoms with Crippen LogP contribution in [0.15, 0.2) is 11.6 Å². The van der Waals surface area contributed by atoms with Gasteiger partial charge in [0.25, 0.3) is 0 Å². The van der Waals surface area contributed by atoms with Gasteiger partial charge in [-0.1, -0.05) is 25.5 Å². The van der Waals surface area contributed by atoms with Crippen molar-refractivity contribution in [2.24, 2.45) is 17.3 Å². The van der Waals surface area contributed by atoms with Crippen molar-refractivity contribution in [2.45, 2.75) is 27.7 Å². The number of ether oxygens (including phenoxy) is 1. The van der Waals surface area contributed by atoms with Crippen LogP contribution in [0.1, 0.15) is 27.7 Å². The highest BCUT2D eigenvalue weighted by Crippen LogP contribution is 2.59. The van der Waals surface area contributed by atoms with Crippen LogP contribution in [0.25, 0.3) is 0 Å². The maximum atomic E-state index is 10.9. The summed E-state index contributed by atoms with van der Waals surface area (Å²) in [7, 11) is 0. The molecule has 1 aliphatic carbocycles. The zero-order valence-corrected chi connectivity index (χ0v) is 10.6. The average molecular weight is 231 g/mol. The summed E-state index contributed by atoms with van der Waals surface area (Å²) in [5.74, 6) is 0.598. The van der Waals surface area contributed by atoms with Crippen LogP contribution in [0, 0.1) is 17.3 Å². The summed E-state index contributed by atoms with van der Waals surface area (Å²) in [5, 5.41) is 0. The molecule has 0 aromatic rings. The molecule has 1 rings (SSSR count). The van der Waals surface area contributed by atoms with E-state index in [4.69, 9.17) is 16.3 Å². The number of esters is 1. The number of carbonyl (C=O) groups excluding carboxylic acids is 1. The van der Waals surface area contributed by atoms with Gasteiger partial charge in [0.15, 0.2) is 0 Å². The Morgan fingerprint density at radius 3 is 2.53 bits per heavy atom. The van der Waals surface area contributed by atoms with Crippen LogP contribution in [0.2, 0.25) is 0 Å². The Hall–Kier alpha value is -0.500. The van der Waals surface area contributed by atoms with Gasteiger partial charge in [0, 0.05) is 5.92 Å². The van der Waals surface area contributed by atoms with E-state index in [0.29, 0.717) is 18.4 Å². The topological polar surface area (TPSA) is 26.3 Å². The van der Waals surface area contributed by atoms with Gasteiger partial charge in [-0.25, -0.2) is 0 Å². The maximum absolute atomic E-state index is 10.9. The lowest BCUT2D eigenvalue weighted by molar-refractivity contribution is -0.141. The quantitative estimate of drug-likeness (QED) is 0.422. The van der Waals surface area contributed by atoms with Crippen molar-refractivity contribution in [3.63, 3.8) is 0 Å². The fourth-order valence-corrected chi connectivity index (χ4v) is 2.09. The van der Waals surface area contributed by atoms with Gasteiger partial charge in [-0.05, 0) is 25.2 Å². The van der Waals surface area contributed by atoms with Crippen molar-refractivity contribution in [1.29, 1.82) is 0 Å². The standard InChI is InChI=1S/C12H19ClO2/c1-8(2)5-9-10(12(9,3)4)7-15-11(14)6-13/h5,9-10H,6-7H2,1-4H3/t9-,10-/m1/s1. The van der Waals surface area contributed by atoms with Gasteiger partial charge in [0.2, 0.25) is 0 Å². The fraction of sp³-hybridized carbons (Fsp3) is 0.750. The Kier molecular flexibility index (Phi) is 3.82. The molecule has 1 saturated carbocycles. The maximum Gasteiger partial charge on any atom is 0.320 e. The molecule has 0 radical (unpaired) electrons. The van der Waals surface area contributed by atoms with Crippen LogP contribution in [0.3, 0.4) is 0 Å². The molecule has 2 nitrogen and oxygen atoms in total. The highest BCUT2D eigenvalue weighted by atomic mass is 35.5. The average Bonchev–Trinajstić information content (AvgIpc) is 2.63. The van der Waals surface area contributed by atoms with E-state index in [1.54, 1.807) is 0 Å². The minimum atomic E-state index is -0.324. The molecule has 3 heteroatoms. The van der Waals surface area contributed by atoms with E-state index in [1.807, 2.05) is 0 Å². The molecular formula is C12H19ClO2. The summed E-state index contributed by atoms with van der Waals surface area (Å²) in [6.07, 6.45) is 2.26. The highest BCUT2D eigenvalue weighted by molar-refractivity contribution is 6.26. The molecule has 0 spiro atoms. The van der Waals surface area contributed by atoms with Crippen molar-refractivity contribution in [2.75, 3.05) is 12.5 Å². The summed E-state index contributed by atoms with van der Waals surface area (Å²) in [5.41, 5.74) is 1.57. The number of hydrogen-bond acceptors (Lipinski definition) is 2. The Morgan fingerprint density at radius 1 is 1.47 bits per heavy atom. The van der Waals surface area contributed by atoms with Gasteiger partial charge in [-0.15, -0.1) is 11.6 Å². The summed E-state index contributed by atoms with van der Waals surface area (Å²) in [4.78, 5) is 10.9. The first-order chi connectivity index (χ1) is 6.89. The summed E-state index contributed by atoms with van der Waals surface area (Å²) in [6.45, 7) is 9.09. The van der Waals surface area contributed by atoms with Gasteiger partial charge >= 0.3 is 5.97 Å². The minimum absolute atomic E-state index is 0.0551. The van der Waals surface area contributed by atoms with Gasteiger partial charge in [0.05, 0.1) is 6.61 Å². The lowest BCUT2D eigenvalue weighted by Gasteiger charge is -2.03. The lowest BCUT2D eigenvalue weighted by atomic mass is 10.1.